The van der Waals surface area contributed by atoms with Gasteiger partial charge in [0.1, 0.15) is 0 Å². The van der Waals surface area contributed by atoms with Crippen molar-refractivity contribution in [3.05, 3.63) is 48.3 Å². The van der Waals surface area contributed by atoms with Gasteiger partial charge in [0.05, 0.1) is 17.0 Å². The lowest BCUT2D eigenvalue weighted by Gasteiger charge is -2.37. The molecule has 2 unspecified atom stereocenters. The van der Waals surface area contributed by atoms with Crippen LogP contribution in [-0.4, -0.2) is 54.7 Å². The molecule has 8 heteroatoms. The van der Waals surface area contributed by atoms with Crippen molar-refractivity contribution < 1.29 is 18.0 Å². The molecule has 3 aliphatic rings. The van der Waals surface area contributed by atoms with Crippen LogP contribution >= 0.6 is 0 Å². The van der Waals surface area contributed by atoms with Gasteiger partial charge in [-0.15, -0.1) is 0 Å². The van der Waals surface area contributed by atoms with Crippen LogP contribution in [0, 0.1) is 17.8 Å². The van der Waals surface area contributed by atoms with E-state index in [0.29, 0.717) is 40.9 Å². The third-order valence-electron chi connectivity index (χ3n) is 7.49. The van der Waals surface area contributed by atoms with Crippen molar-refractivity contribution >= 4 is 34.0 Å². The number of pyridine rings is 1. The van der Waals surface area contributed by atoms with E-state index in [2.05, 4.69) is 34.1 Å². The van der Waals surface area contributed by atoms with Crippen molar-refractivity contribution in [1.29, 1.82) is 0 Å². The van der Waals surface area contributed by atoms with Crippen LogP contribution < -0.4 is 10.6 Å². The van der Waals surface area contributed by atoms with Gasteiger partial charge in [-0.2, -0.15) is 13.2 Å². The van der Waals surface area contributed by atoms with Crippen molar-refractivity contribution in [1.82, 2.24) is 15.2 Å². The van der Waals surface area contributed by atoms with Crippen LogP contribution in [-0.2, 0) is 4.79 Å². The second-order valence-electron chi connectivity index (χ2n) is 10.2. The summed E-state index contributed by atoms with van der Waals surface area (Å²) in [6.45, 7) is 5.69. The predicted molar refractivity (Wildman–Crippen MR) is 133 cm³/mol. The summed E-state index contributed by atoms with van der Waals surface area (Å²) in [5, 5.41) is 7.65. The molecule has 35 heavy (non-hydrogen) atoms. The minimum absolute atomic E-state index is 0.0199. The molecule has 1 aliphatic heterocycles. The average molecular weight is 485 g/mol. The number of amides is 1. The molecule has 2 aromatic rings. The van der Waals surface area contributed by atoms with Gasteiger partial charge < -0.3 is 15.5 Å². The molecule has 1 saturated heterocycles. The molecule has 3 fully saturated rings. The molecule has 5 nitrogen and oxygen atoms in total. The minimum atomic E-state index is -4.59. The lowest BCUT2D eigenvalue weighted by Crippen LogP contribution is -2.46. The van der Waals surface area contributed by atoms with Crippen LogP contribution in [0.1, 0.15) is 37.1 Å². The van der Waals surface area contributed by atoms with Crippen molar-refractivity contribution in [2.45, 2.75) is 37.9 Å². The van der Waals surface area contributed by atoms with Crippen LogP contribution in [0.2, 0.25) is 0 Å². The van der Waals surface area contributed by atoms with Gasteiger partial charge in [0.15, 0.2) is 0 Å². The third-order valence-corrected chi connectivity index (χ3v) is 7.49. The molecule has 2 N–H and O–H groups in total. The first-order valence-corrected chi connectivity index (χ1v) is 12.3. The molecular formula is C27H31F3N4O. The zero-order chi connectivity index (χ0) is 24.7. The second kappa shape index (κ2) is 9.30. The fourth-order valence-corrected chi connectivity index (χ4v) is 5.57. The van der Waals surface area contributed by atoms with Gasteiger partial charge in [-0.1, -0.05) is 24.8 Å². The molecule has 186 valence electrons. The maximum absolute atomic E-state index is 13.7. The number of carbonyl (C=O) groups is 1. The van der Waals surface area contributed by atoms with E-state index >= 15 is 0 Å². The summed E-state index contributed by atoms with van der Waals surface area (Å²) < 4.78 is 41.0. The molecule has 2 heterocycles. The number of nitrogens with one attached hydrogen (secondary N) is 2. The molecule has 2 saturated carbocycles. The van der Waals surface area contributed by atoms with Crippen molar-refractivity contribution in [2.24, 2.45) is 17.8 Å². The van der Waals surface area contributed by atoms with E-state index in [1.807, 2.05) is 12.1 Å². The van der Waals surface area contributed by atoms with Gasteiger partial charge in [-0.05, 0) is 62.8 Å². The number of hydrogen-bond donors (Lipinski definition) is 2. The zero-order valence-corrected chi connectivity index (χ0v) is 19.9. The van der Waals surface area contributed by atoms with Gasteiger partial charge in [0.25, 0.3) is 0 Å². The number of piperidine rings is 1. The van der Waals surface area contributed by atoms with Gasteiger partial charge in [-0.3, -0.25) is 4.79 Å². The topological polar surface area (TPSA) is 57.3 Å². The van der Waals surface area contributed by atoms with Crippen molar-refractivity contribution in [3.63, 3.8) is 0 Å². The van der Waals surface area contributed by atoms with Crippen molar-refractivity contribution in [2.75, 3.05) is 32.0 Å². The predicted octanol–water partition coefficient (Wildman–Crippen LogP) is 5.10. The number of rotatable bonds is 7. The summed E-state index contributed by atoms with van der Waals surface area (Å²) in [6.07, 6.45) is 2.96. The van der Waals surface area contributed by atoms with Gasteiger partial charge in [0, 0.05) is 48.1 Å². The Morgan fingerprint density at radius 1 is 1.17 bits per heavy atom. The molecule has 0 radical (unpaired) electrons. The summed E-state index contributed by atoms with van der Waals surface area (Å²) >= 11 is 0. The number of alkyl halides is 3. The fourth-order valence-electron chi connectivity index (χ4n) is 5.57. The average Bonchev–Trinajstić information content (AvgIpc) is 3.63. The smallest absolute Gasteiger partial charge is 0.381 e. The Hall–Kier alpha value is -2.87. The summed E-state index contributed by atoms with van der Waals surface area (Å²) in [7, 11) is 2.14. The standard InChI is InChI=1S/C27H31F3N4O/c1-16(27(28,29)30)24-21-6-3-7-23(33-25-18-10-11-19(25)15-34(2)14-18)22(21)13-20(32-24)5-4-12-31-26(35)17-8-9-17/h3-7,13,17-19,25,33H,1,8-12,14-15H2,2H3,(H,31,35)/b5-4+. The van der Waals surface area contributed by atoms with Crippen LogP contribution in [0.3, 0.4) is 0 Å². The van der Waals surface area contributed by atoms with E-state index in [0.717, 1.165) is 44.5 Å². The summed E-state index contributed by atoms with van der Waals surface area (Å²) in [5.74, 6) is 1.17. The second-order valence-corrected chi connectivity index (χ2v) is 10.2. The van der Waals surface area contributed by atoms with Gasteiger partial charge in [0.2, 0.25) is 5.91 Å². The van der Waals surface area contributed by atoms with E-state index in [1.54, 1.807) is 24.3 Å². The monoisotopic (exact) mass is 484 g/mol. The lowest BCUT2D eigenvalue weighted by atomic mass is 9.91. The number of anilines is 1. The van der Waals surface area contributed by atoms with Crippen LogP contribution in [0.15, 0.2) is 36.9 Å². The number of halogens is 3. The molecule has 1 amide bonds. The van der Waals surface area contributed by atoms with E-state index in [1.165, 1.54) is 0 Å². The Kier molecular flexibility index (Phi) is 6.34. The Labute approximate surface area is 203 Å². The molecule has 2 atom stereocenters. The summed E-state index contributed by atoms with van der Waals surface area (Å²) in [5.41, 5.74) is 0.103. The van der Waals surface area contributed by atoms with E-state index < -0.39 is 11.7 Å². The van der Waals surface area contributed by atoms with Gasteiger partial charge >= 0.3 is 6.18 Å². The number of nitrogens with zero attached hydrogens (tertiary/aromatic N) is 2. The SMILES string of the molecule is C=C(c1nc(/C=C/CNC(=O)C2CC2)cc2c(NC3C4CCC3CN(C)C4)cccc12)C(F)(F)F. The first-order valence-electron chi connectivity index (χ1n) is 12.3. The van der Waals surface area contributed by atoms with Crippen LogP contribution in [0.25, 0.3) is 22.4 Å². The maximum Gasteiger partial charge on any atom is 0.417 e. The van der Waals surface area contributed by atoms with Crippen LogP contribution in [0.5, 0.6) is 0 Å². The fraction of sp³-hybridized carbons (Fsp3) is 0.481. The highest BCUT2D eigenvalue weighted by Crippen LogP contribution is 2.41. The highest BCUT2D eigenvalue weighted by atomic mass is 19.4. The van der Waals surface area contributed by atoms with Crippen molar-refractivity contribution in [3.8, 4) is 0 Å². The molecule has 0 spiro atoms. The molecule has 1 aromatic carbocycles. The number of allylic oxidation sites excluding steroid dienone is 1. The normalized spacial score (nSPS) is 24.7. The summed E-state index contributed by atoms with van der Waals surface area (Å²) in [4.78, 5) is 18.5. The van der Waals surface area contributed by atoms with E-state index in [4.69, 9.17) is 0 Å². The molecule has 2 aliphatic carbocycles. The highest BCUT2D eigenvalue weighted by Gasteiger charge is 2.41. The quantitative estimate of drug-likeness (QED) is 0.574. The summed E-state index contributed by atoms with van der Waals surface area (Å²) in [6, 6.07) is 7.51. The zero-order valence-electron chi connectivity index (χ0n) is 19.9. The maximum atomic E-state index is 13.7. The molecule has 2 bridgehead atoms. The third kappa shape index (κ3) is 5.08. The molecular weight excluding hydrogens is 453 g/mol. The Morgan fingerprint density at radius 3 is 2.54 bits per heavy atom. The number of carbonyl (C=O) groups excluding carboxylic acids is 1. The van der Waals surface area contributed by atoms with E-state index in [9.17, 15) is 18.0 Å². The number of hydrogen-bond acceptors (Lipinski definition) is 4. The van der Waals surface area contributed by atoms with E-state index in [-0.39, 0.29) is 17.5 Å². The number of aromatic nitrogens is 1. The molecule has 1 aromatic heterocycles. The largest absolute Gasteiger partial charge is 0.417 e. The number of likely N-dealkylation sites (tertiary alicyclic amines) is 1. The number of benzene rings is 1. The number of fused-ring (bicyclic) bond motifs is 3. The molecule has 5 rings (SSSR count). The highest BCUT2D eigenvalue weighted by molar-refractivity contribution is 6.00. The Morgan fingerprint density at radius 2 is 1.89 bits per heavy atom. The Bertz CT molecular complexity index is 1160. The van der Waals surface area contributed by atoms with Gasteiger partial charge in [-0.25, -0.2) is 4.98 Å². The first kappa shape index (κ1) is 23.9. The Balaban J connectivity index is 1.47. The lowest BCUT2D eigenvalue weighted by molar-refractivity contribution is -0.122. The van der Waals surface area contributed by atoms with Crippen LogP contribution in [0.4, 0.5) is 18.9 Å². The minimum Gasteiger partial charge on any atom is -0.381 e. The first-order chi connectivity index (χ1) is 16.7.